The summed E-state index contributed by atoms with van der Waals surface area (Å²) in [5, 5.41) is 10.2. The summed E-state index contributed by atoms with van der Waals surface area (Å²) in [6.07, 6.45) is 0. The van der Waals surface area contributed by atoms with Crippen LogP contribution in [0.5, 0.6) is 0 Å². The number of nitrogens with zero attached hydrogens (tertiary/aromatic N) is 2. The van der Waals surface area contributed by atoms with Gasteiger partial charge in [-0.3, -0.25) is 14.3 Å². The van der Waals surface area contributed by atoms with Crippen LogP contribution in [0.1, 0.15) is 56.4 Å². The highest BCUT2D eigenvalue weighted by atomic mass is 16.2. The lowest BCUT2D eigenvalue weighted by Crippen LogP contribution is -2.19. The molecule has 0 spiro atoms. The van der Waals surface area contributed by atoms with Crippen molar-refractivity contribution in [2.75, 3.05) is 10.6 Å². The molecule has 2 amide bonds. The molecule has 140 valence electrons. The van der Waals surface area contributed by atoms with E-state index >= 15 is 0 Å². The average Bonchev–Trinajstić information content (AvgIpc) is 2.92. The van der Waals surface area contributed by atoms with Crippen molar-refractivity contribution in [3.05, 3.63) is 41.2 Å². The minimum Gasteiger partial charge on any atom is -0.326 e. The molecule has 6 heteroatoms. The van der Waals surface area contributed by atoms with E-state index in [2.05, 4.69) is 36.5 Å². The zero-order valence-electron chi connectivity index (χ0n) is 16.6. The van der Waals surface area contributed by atoms with E-state index in [9.17, 15) is 9.59 Å². The maximum Gasteiger partial charge on any atom is 0.273 e. The number of anilines is 2. The third-order valence-electron chi connectivity index (χ3n) is 4.16. The number of nitrogens with one attached hydrogen (secondary N) is 2. The third kappa shape index (κ3) is 4.50. The standard InChI is InChI=1S/C20H28N4O2/c1-12(2)18(25)21-14-9-8-13(3)15(10-14)22-19(26)16-11-17(20(4,5)6)23-24(16)7/h8-12H,1-7H3,(H,21,25)(H,22,26). The molecule has 1 heterocycles. The molecular weight excluding hydrogens is 328 g/mol. The molecule has 26 heavy (non-hydrogen) atoms. The quantitative estimate of drug-likeness (QED) is 0.873. The number of amides is 2. The van der Waals surface area contributed by atoms with Gasteiger partial charge in [0.2, 0.25) is 5.91 Å². The number of hydrogen-bond acceptors (Lipinski definition) is 3. The van der Waals surface area contributed by atoms with Crippen molar-refractivity contribution < 1.29 is 9.59 Å². The molecule has 1 aromatic carbocycles. The molecule has 0 bridgehead atoms. The van der Waals surface area contributed by atoms with Crippen LogP contribution in [-0.2, 0) is 17.3 Å². The second-order valence-electron chi connectivity index (χ2n) is 7.92. The number of hydrogen-bond donors (Lipinski definition) is 2. The van der Waals surface area contributed by atoms with Crippen molar-refractivity contribution in [2.45, 2.75) is 47.0 Å². The fourth-order valence-corrected chi connectivity index (χ4v) is 2.35. The first kappa shape index (κ1) is 19.7. The van der Waals surface area contributed by atoms with Crippen molar-refractivity contribution in [3.63, 3.8) is 0 Å². The van der Waals surface area contributed by atoms with Crippen LogP contribution in [0, 0.1) is 12.8 Å². The Kier molecular flexibility index (Phi) is 5.54. The van der Waals surface area contributed by atoms with Gasteiger partial charge in [0.1, 0.15) is 5.69 Å². The van der Waals surface area contributed by atoms with Crippen molar-refractivity contribution >= 4 is 23.2 Å². The summed E-state index contributed by atoms with van der Waals surface area (Å²) in [4.78, 5) is 24.6. The van der Waals surface area contributed by atoms with Crippen molar-refractivity contribution in [2.24, 2.45) is 13.0 Å². The highest BCUT2D eigenvalue weighted by Gasteiger charge is 2.22. The Labute approximate surface area is 155 Å². The molecule has 6 nitrogen and oxygen atoms in total. The molecular formula is C20H28N4O2. The number of carbonyl (C=O) groups excluding carboxylic acids is 2. The summed E-state index contributed by atoms with van der Waals surface area (Å²) in [7, 11) is 1.76. The summed E-state index contributed by atoms with van der Waals surface area (Å²) in [5.41, 5.74) is 3.46. The van der Waals surface area contributed by atoms with E-state index in [1.807, 2.05) is 39.0 Å². The molecule has 0 aliphatic heterocycles. The Morgan fingerprint density at radius 2 is 1.77 bits per heavy atom. The molecule has 0 radical (unpaired) electrons. The van der Waals surface area contributed by atoms with Crippen LogP contribution in [0.4, 0.5) is 11.4 Å². The van der Waals surface area contributed by atoms with E-state index in [0.29, 0.717) is 17.1 Å². The monoisotopic (exact) mass is 356 g/mol. The van der Waals surface area contributed by atoms with Crippen molar-refractivity contribution in [1.29, 1.82) is 0 Å². The summed E-state index contributed by atoms with van der Waals surface area (Å²) >= 11 is 0. The summed E-state index contributed by atoms with van der Waals surface area (Å²) < 4.78 is 1.59. The molecule has 1 aromatic heterocycles. The second kappa shape index (κ2) is 7.32. The number of aromatic nitrogens is 2. The summed E-state index contributed by atoms with van der Waals surface area (Å²) in [6.45, 7) is 11.8. The molecule has 0 saturated heterocycles. The number of benzene rings is 1. The Balaban J connectivity index is 2.24. The zero-order chi connectivity index (χ0) is 19.6. The van der Waals surface area contributed by atoms with Gasteiger partial charge in [-0.2, -0.15) is 5.10 Å². The SMILES string of the molecule is Cc1ccc(NC(=O)C(C)C)cc1NC(=O)c1cc(C(C)(C)C)nn1C. The molecule has 0 unspecified atom stereocenters. The van der Waals surface area contributed by atoms with Crippen LogP contribution in [-0.4, -0.2) is 21.6 Å². The molecule has 2 aromatic rings. The van der Waals surface area contributed by atoms with Crippen molar-refractivity contribution in [1.82, 2.24) is 9.78 Å². The molecule has 0 saturated carbocycles. The summed E-state index contributed by atoms with van der Waals surface area (Å²) in [5.74, 6) is -0.405. The highest BCUT2D eigenvalue weighted by molar-refractivity contribution is 6.04. The predicted octanol–water partition coefficient (Wildman–Crippen LogP) is 3.87. The van der Waals surface area contributed by atoms with Gasteiger partial charge >= 0.3 is 0 Å². The number of rotatable bonds is 4. The number of aryl methyl sites for hydroxylation is 2. The Morgan fingerprint density at radius 1 is 1.12 bits per heavy atom. The van der Waals surface area contributed by atoms with Crippen LogP contribution in [0.25, 0.3) is 0 Å². The van der Waals surface area contributed by atoms with E-state index in [1.54, 1.807) is 17.8 Å². The van der Waals surface area contributed by atoms with E-state index < -0.39 is 0 Å². The van der Waals surface area contributed by atoms with Gasteiger partial charge in [-0.25, -0.2) is 0 Å². The lowest BCUT2D eigenvalue weighted by Gasteiger charge is -2.13. The van der Waals surface area contributed by atoms with Gasteiger partial charge in [-0.15, -0.1) is 0 Å². The van der Waals surface area contributed by atoms with E-state index in [4.69, 9.17) is 0 Å². The zero-order valence-corrected chi connectivity index (χ0v) is 16.6. The first-order valence-electron chi connectivity index (χ1n) is 8.76. The van der Waals surface area contributed by atoms with Gasteiger partial charge in [0.25, 0.3) is 5.91 Å². The van der Waals surface area contributed by atoms with E-state index in [1.165, 1.54) is 0 Å². The van der Waals surface area contributed by atoms with Gasteiger partial charge < -0.3 is 10.6 Å². The van der Waals surface area contributed by atoms with Gasteiger partial charge in [0.15, 0.2) is 0 Å². The lowest BCUT2D eigenvalue weighted by atomic mass is 9.92. The molecule has 2 N–H and O–H groups in total. The van der Waals surface area contributed by atoms with Gasteiger partial charge in [-0.1, -0.05) is 40.7 Å². The van der Waals surface area contributed by atoms with Gasteiger partial charge in [0.05, 0.1) is 5.69 Å². The predicted molar refractivity (Wildman–Crippen MR) is 105 cm³/mol. The molecule has 0 fully saturated rings. The normalized spacial score (nSPS) is 11.5. The maximum absolute atomic E-state index is 12.7. The van der Waals surface area contributed by atoms with Crippen molar-refractivity contribution in [3.8, 4) is 0 Å². The average molecular weight is 356 g/mol. The van der Waals surface area contributed by atoms with Crippen LogP contribution < -0.4 is 10.6 Å². The van der Waals surface area contributed by atoms with E-state index in [0.717, 1.165) is 11.3 Å². The van der Waals surface area contributed by atoms with Crippen LogP contribution >= 0.6 is 0 Å². The van der Waals surface area contributed by atoms with Gasteiger partial charge in [-0.05, 0) is 30.7 Å². The highest BCUT2D eigenvalue weighted by Crippen LogP contribution is 2.24. The Bertz CT molecular complexity index is 829. The molecule has 0 aliphatic carbocycles. The Hall–Kier alpha value is -2.63. The second-order valence-corrected chi connectivity index (χ2v) is 7.92. The fourth-order valence-electron chi connectivity index (χ4n) is 2.35. The fraction of sp³-hybridized carbons (Fsp3) is 0.450. The molecule has 0 atom stereocenters. The number of carbonyl (C=O) groups is 2. The Morgan fingerprint density at radius 3 is 2.31 bits per heavy atom. The first-order valence-corrected chi connectivity index (χ1v) is 8.76. The maximum atomic E-state index is 12.7. The first-order chi connectivity index (χ1) is 12.0. The molecule has 0 aliphatic rings. The lowest BCUT2D eigenvalue weighted by molar-refractivity contribution is -0.118. The van der Waals surface area contributed by atoms with E-state index in [-0.39, 0.29) is 23.1 Å². The minimum atomic E-state index is -0.231. The van der Waals surface area contributed by atoms with Crippen LogP contribution in [0.3, 0.4) is 0 Å². The smallest absolute Gasteiger partial charge is 0.273 e. The minimum absolute atomic E-state index is 0.0624. The van der Waals surface area contributed by atoms with Crippen LogP contribution in [0.2, 0.25) is 0 Å². The van der Waals surface area contributed by atoms with Crippen LogP contribution in [0.15, 0.2) is 24.3 Å². The summed E-state index contributed by atoms with van der Waals surface area (Å²) in [6, 6.07) is 7.28. The largest absolute Gasteiger partial charge is 0.326 e. The van der Waals surface area contributed by atoms with Gasteiger partial charge in [0, 0.05) is 29.8 Å². The molecule has 2 rings (SSSR count). The third-order valence-corrected chi connectivity index (χ3v) is 4.16. The topological polar surface area (TPSA) is 76.0 Å².